The fourth-order valence-electron chi connectivity index (χ4n) is 0.431. The minimum atomic E-state index is -0.127. The molecule has 0 aromatic heterocycles. The van der Waals surface area contributed by atoms with E-state index >= 15 is 0 Å². The second-order valence-corrected chi connectivity index (χ2v) is 1.51. The second kappa shape index (κ2) is 2.93. The normalized spacial score (nSPS) is 16.6. The molecule has 0 aromatic carbocycles. The summed E-state index contributed by atoms with van der Waals surface area (Å²) in [5.74, 6) is -0.127. The summed E-state index contributed by atoms with van der Waals surface area (Å²) in [5, 5.41) is 3.51. The van der Waals surface area contributed by atoms with Crippen LogP contribution < -0.4 is 0 Å². The van der Waals surface area contributed by atoms with Crippen LogP contribution in [0.4, 0.5) is 0 Å². The van der Waals surface area contributed by atoms with Gasteiger partial charge in [0.1, 0.15) is 0 Å². The molecule has 0 aromatic rings. The summed E-state index contributed by atoms with van der Waals surface area (Å²) in [6.45, 7) is 1.79. The summed E-state index contributed by atoms with van der Waals surface area (Å²) in [5.41, 5.74) is 4.08. The Morgan fingerprint density at radius 3 is 2.50 bits per heavy atom. The van der Waals surface area contributed by atoms with Crippen LogP contribution in [0.15, 0.2) is 5.10 Å². The summed E-state index contributed by atoms with van der Waals surface area (Å²) in [6.07, 6.45) is 0.417. The maximum absolute atomic E-state index is 10.2. The van der Waals surface area contributed by atoms with Gasteiger partial charge in [-0.15, -0.1) is 0 Å². The minimum absolute atomic E-state index is 0. The van der Waals surface area contributed by atoms with Gasteiger partial charge >= 0.3 is 0 Å². The molecule has 1 amide bonds. The van der Waals surface area contributed by atoms with Crippen molar-refractivity contribution >= 4 is 11.6 Å². The SMILES string of the molecule is CC1=N[N-]C(=O)C1.[Rh]. The van der Waals surface area contributed by atoms with Gasteiger partial charge in [-0.05, 0) is 12.6 Å². The Labute approximate surface area is 60.3 Å². The molecule has 0 saturated carbocycles. The Morgan fingerprint density at radius 1 is 1.75 bits per heavy atom. The number of hydrogen-bond acceptors (Lipinski definition) is 2. The molecule has 0 aliphatic carbocycles. The largest absolute Gasteiger partial charge is 0.544 e. The van der Waals surface area contributed by atoms with Gasteiger partial charge in [0.05, 0.1) is 5.91 Å². The Morgan fingerprint density at radius 2 is 2.38 bits per heavy atom. The molecule has 1 rings (SSSR count). The van der Waals surface area contributed by atoms with Crippen LogP contribution in [0, 0.1) is 0 Å². The van der Waals surface area contributed by atoms with Crippen molar-refractivity contribution in [3.8, 4) is 0 Å². The summed E-state index contributed by atoms with van der Waals surface area (Å²) in [6, 6.07) is 0. The number of rotatable bonds is 0. The second-order valence-electron chi connectivity index (χ2n) is 1.51. The average molecular weight is 200 g/mol. The fraction of sp³-hybridized carbons (Fsp3) is 0.500. The Bertz CT molecular complexity index is 132. The summed E-state index contributed by atoms with van der Waals surface area (Å²) in [4.78, 5) is 10.2. The zero-order valence-corrected chi connectivity index (χ0v) is 5.98. The summed E-state index contributed by atoms with van der Waals surface area (Å²) >= 11 is 0. The fourth-order valence-corrected chi connectivity index (χ4v) is 0.431. The molecule has 0 spiro atoms. The molecule has 3 nitrogen and oxygen atoms in total. The Kier molecular flexibility index (Phi) is 2.84. The van der Waals surface area contributed by atoms with Gasteiger partial charge in [0, 0.05) is 25.9 Å². The standard InChI is InChI=1S/C4H6N2O.Rh/c1-3-2-4(7)6-5-3;/h2H2,1H3,(H,6,7);/p-1. The quantitative estimate of drug-likeness (QED) is 0.529. The van der Waals surface area contributed by atoms with Crippen molar-refractivity contribution in [2.75, 3.05) is 0 Å². The van der Waals surface area contributed by atoms with E-state index < -0.39 is 0 Å². The van der Waals surface area contributed by atoms with Gasteiger partial charge in [0.15, 0.2) is 0 Å². The summed E-state index contributed by atoms with van der Waals surface area (Å²) < 4.78 is 0. The predicted octanol–water partition coefficient (Wildman–Crippen LogP) is 0.664. The zero-order valence-electron chi connectivity index (χ0n) is 4.34. The van der Waals surface area contributed by atoms with Gasteiger partial charge in [-0.3, -0.25) is 0 Å². The van der Waals surface area contributed by atoms with E-state index in [0.717, 1.165) is 5.71 Å². The van der Waals surface area contributed by atoms with E-state index in [1.54, 1.807) is 6.92 Å². The third-order valence-corrected chi connectivity index (χ3v) is 0.739. The van der Waals surface area contributed by atoms with Crippen molar-refractivity contribution in [2.24, 2.45) is 5.10 Å². The summed E-state index contributed by atoms with van der Waals surface area (Å²) in [7, 11) is 0. The molecule has 8 heavy (non-hydrogen) atoms. The molecule has 0 bridgehead atoms. The first-order valence-corrected chi connectivity index (χ1v) is 2.06. The molecule has 1 radical (unpaired) electrons. The maximum Gasteiger partial charge on any atom is 0.0734 e. The van der Waals surface area contributed by atoms with Crippen LogP contribution in [0.5, 0.6) is 0 Å². The van der Waals surface area contributed by atoms with E-state index in [1.807, 2.05) is 0 Å². The van der Waals surface area contributed by atoms with Crippen LogP contribution in [-0.4, -0.2) is 11.6 Å². The van der Waals surface area contributed by atoms with Crippen LogP contribution in [0.1, 0.15) is 13.3 Å². The van der Waals surface area contributed by atoms with Gasteiger partial charge in [-0.25, -0.2) is 0 Å². The molecule has 4 heteroatoms. The molecule has 0 saturated heterocycles. The van der Waals surface area contributed by atoms with E-state index in [-0.39, 0.29) is 25.4 Å². The van der Waals surface area contributed by atoms with Crippen molar-refractivity contribution in [3.05, 3.63) is 5.43 Å². The van der Waals surface area contributed by atoms with Crippen molar-refractivity contribution in [2.45, 2.75) is 13.3 Å². The minimum Gasteiger partial charge on any atom is -0.544 e. The van der Waals surface area contributed by atoms with E-state index in [1.165, 1.54) is 0 Å². The van der Waals surface area contributed by atoms with Gasteiger partial charge < -0.3 is 15.3 Å². The van der Waals surface area contributed by atoms with Crippen LogP contribution in [0.3, 0.4) is 0 Å². The molecule has 0 unspecified atom stereocenters. The molecule has 0 atom stereocenters. The number of amides is 1. The van der Waals surface area contributed by atoms with Crippen LogP contribution in [0.25, 0.3) is 5.43 Å². The van der Waals surface area contributed by atoms with Crippen molar-refractivity contribution in [1.29, 1.82) is 0 Å². The smallest absolute Gasteiger partial charge is 0.0734 e. The van der Waals surface area contributed by atoms with Gasteiger partial charge in [-0.1, -0.05) is 0 Å². The van der Waals surface area contributed by atoms with E-state index in [2.05, 4.69) is 10.5 Å². The van der Waals surface area contributed by atoms with Crippen molar-refractivity contribution < 1.29 is 24.3 Å². The Hall–Kier alpha value is -0.237. The third kappa shape index (κ3) is 1.70. The van der Waals surface area contributed by atoms with E-state index in [4.69, 9.17) is 0 Å². The topological polar surface area (TPSA) is 43.5 Å². The van der Waals surface area contributed by atoms with Crippen molar-refractivity contribution in [3.63, 3.8) is 0 Å². The predicted molar refractivity (Wildman–Crippen MR) is 26.1 cm³/mol. The van der Waals surface area contributed by atoms with Crippen LogP contribution in [0.2, 0.25) is 0 Å². The van der Waals surface area contributed by atoms with Gasteiger partial charge in [0.2, 0.25) is 0 Å². The van der Waals surface area contributed by atoms with Crippen molar-refractivity contribution in [1.82, 2.24) is 0 Å². The van der Waals surface area contributed by atoms with Crippen LogP contribution in [-0.2, 0) is 24.3 Å². The number of carbonyl (C=O) groups excluding carboxylic acids is 1. The third-order valence-electron chi connectivity index (χ3n) is 0.739. The van der Waals surface area contributed by atoms with Gasteiger partial charge in [0.25, 0.3) is 0 Å². The molecular formula is C4H5N2ORh-. The molecule has 1 aliphatic rings. The zero-order chi connectivity index (χ0) is 5.28. The molecule has 1 heterocycles. The van der Waals surface area contributed by atoms with Crippen LogP contribution >= 0.6 is 0 Å². The molecule has 1 aliphatic heterocycles. The average Bonchev–Trinajstić information content (AvgIpc) is 1.87. The van der Waals surface area contributed by atoms with E-state index in [9.17, 15) is 4.79 Å². The Balaban J connectivity index is 0.000000490. The number of nitrogens with zero attached hydrogens (tertiary/aromatic N) is 2. The maximum atomic E-state index is 10.2. The molecule has 0 N–H and O–H groups in total. The number of carbonyl (C=O) groups is 1. The van der Waals surface area contributed by atoms with E-state index in [0.29, 0.717) is 6.42 Å². The molecular weight excluding hydrogens is 195 g/mol. The monoisotopic (exact) mass is 200 g/mol. The van der Waals surface area contributed by atoms with Gasteiger partial charge in [-0.2, -0.15) is 0 Å². The molecule has 47 valence electrons. The first-order chi connectivity index (χ1) is 3.29. The first kappa shape index (κ1) is 7.76. The number of hydrogen-bond donors (Lipinski definition) is 0. The first-order valence-electron chi connectivity index (χ1n) is 2.06. The molecule has 0 fully saturated rings.